The minimum absolute atomic E-state index is 0.0470. The maximum absolute atomic E-state index is 12.8. The molecule has 6 nitrogen and oxygen atoms in total. The summed E-state index contributed by atoms with van der Waals surface area (Å²) in [5.74, 6) is -1.07. The Bertz CT molecular complexity index is 995. The van der Waals surface area contributed by atoms with E-state index in [-0.39, 0.29) is 17.9 Å². The van der Waals surface area contributed by atoms with Crippen molar-refractivity contribution in [3.05, 3.63) is 95.7 Å². The molecule has 0 unspecified atom stereocenters. The summed E-state index contributed by atoms with van der Waals surface area (Å²) in [6.07, 6.45) is 4.71. The Balaban J connectivity index is 1.86. The van der Waals surface area contributed by atoms with E-state index in [2.05, 4.69) is 4.98 Å². The molecule has 27 heavy (non-hydrogen) atoms. The Labute approximate surface area is 155 Å². The smallest absolute Gasteiger partial charge is 0.296 e. The molecule has 0 aliphatic carbocycles. The zero-order valence-corrected chi connectivity index (χ0v) is 14.3. The van der Waals surface area contributed by atoms with Crippen LogP contribution in [0.1, 0.15) is 22.9 Å². The fourth-order valence-electron chi connectivity index (χ4n) is 3.25. The van der Waals surface area contributed by atoms with Gasteiger partial charge in [-0.15, -0.1) is 0 Å². The third-order valence-electron chi connectivity index (χ3n) is 4.49. The second-order valence-electron chi connectivity index (χ2n) is 6.16. The number of rotatable bonds is 4. The van der Waals surface area contributed by atoms with Crippen LogP contribution in [0.3, 0.4) is 0 Å². The summed E-state index contributed by atoms with van der Waals surface area (Å²) in [5.41, 5.74) is 1.16. The Morgan fingerprint density at radius 2 is 1.89 bits per heavy atom. The first-order chi connectivity index (χ1) is 13.2. The molecule has 0 bridgehead atoms. The second kappa shape index (κ2) is 6.92. The molecule has 1 fully saturated rings. The van der Waals surface area contributed by atoms with Crippen LogP contribution in [-0.4, -0.2) is 26.7 Å². The molecular weight excluding hydrogens is 344 g/mol. The summed E-state index contributed by atoms with van der Waals surface area (Å²) in [5, 5.41) is 10.8. The van der Waals surface area contributed by atoms with Gasteiger partial charge in [-0.2, -0.15) is 0 Å². The molecule has 1 aliphatic rings. The van der Waals surface area contributed by atoms with Crippen LogP contribution in [0.5, 0.6) is 0 Å². The zero-order valence-electron chi connectivity index (χ0n) is 14.3. The van der Waals surface area contributed by atoms with E-state index < -0.39 is 17.7 Å². The highest BCUT2D eigenvalue weighted by Crippen LogP contribution is 2.39. The fraction of sp³-hybridized carbons (Fsp3) is 0.0952. The molecule has 1 N–H and O–H groups in total. The zero-order chi connectivity index (χ0) is 18.8. The van der Waals surface area contributed by atoms with Gasteiger partial charge in [-0.3, -0.25) is 14.6 Å². The van der Waals surface area contributed by atoms with E-state index in [0.717, 1.165) is 0 Å². The fourth-order valence-corrected chi connectivity index (χ4v) is 3.25. The van der Waals surface area contributed by atoms with E-state index in [9.17, 15) is 14.7 Å². The number of aliphatic hydroxyl groups is 1. The van der Waals surface area contributed by atoms with Gasteiger partial charge < -0.3 is 14.4 Å². The SMILES string of the molecule is O=C1C(=O)N(Cc2ccco2)[C@@H](c2cccnc2)/C1=C(\O)c1ccccc1. The number of carbonyl (C=O) groups is 2. The van der Waals surface area contributed by atoms with E-state index in [1.165, 1.54) is 11.2 Å². The van der Waals surface area contributed by atoms with Crippen LogP contribution < -0.4 is 0 Å². The van der Waals surface area contributed by atoms with Crippen LogP contribution in [0.2, 0.25) is 0 Å². The quantitative estimate of drug-likeness (QED) is 0.438. The first-order valence-corrected chi connectivity index (χ1v) is 8.43. The number of hydrogen-bond acceptors (Lipinski definition) is 5. The average molecular weight is 360 g/mol. The molecule has 0 radical (unpaired) electrons. The van der Waals surface area contributed by atoms with Gasteiger partial charge in [0.2, 0.25) is 0 Å². The lowest BCUT2D eigenvalue weighted by Crippen LogP contribution is -2.29. The van der Waals surface area contributed by atoms with Crippen molar-refractivity contribution in [3.63, 3.8) is 0 Å². The molecule has 2 aromatic heterocycles. The third kappa shape index (κ3) is 3.01. The van der Waals surface area contributed by atoms with E-state index in [0.29, 0.717) is 16.9 Å². The number of benzene rings is 1. The molecule has 3 heterocycles. The van der Waals surface area contributed by atoms with E-state index in [4.69, 9.17) is 4.42 Å². The number of amides is 1. The molecule has 3 aromatic rings. The summed E-state index contributed by atoms with van der Waals surface area (Å²) < 4.78 is 5.34. The predicted molar refractivity (Wildman–Crippen MR) is 97.2 cm³/mol. The van der Waals surface area contributed by atoms with E-state index in [1.54, 1.807) is 60.9 Å². The van der Waals surface area contributed by atoms with Gasteiger partial charge in [0.05, 0.1) is 24.4 Å². The topological polar surface area (TPSA) is 83.6 Å². The molecule has 1 saturated heterocycles. The number of aromatic nitrogens is 1. The summed E-state index contributed by atoms with van der Waals surface area (Å²) in [6, 6.07) is 14.9. The average Bonchev–Trinajstić information content (AvgIpc) is 3.31. The Hall–Kier alpha value is -3.67. The van der Waals surface area contributed by atoms with Crippen LogP contribution in [0.4, 0.5) is 0 Å². The Morgan fingerprint density at radius 1 is 1.07 bits per heavy atom. The van der Waals surface area contributed by atoms with Gasteiger partial charge in [-0.25, -0.2) is 0 Å². The number of furan rings is 1. The monoisotopic (exact) mass is 360 g/mol. The highest BCUT2D eigenvalue weighted by molar-refractivity contribution is 6.46. The normalized spacial score (nSPS) is 18.8. The highest BCUT2D eigenvalue weighted by Gasteiger charge is 2.46. The standard InChI is InChI=1S/C21H16N2O4/c24-19(14-6-2-1-3-7-14)17-18(15-8-4-10-22-12-15)23(21(26)20(17)25)13-16-9-5-11-27-16/h1-12,18,24H,13H2/b19-17+/t18-/m0/s1. The van der Waals surface area contributed by atoms with Crippen LogP contribution in [-0.2, 0) is 16.1 Å². The van der Waals surface area contributed by atoms with Crippen molar-refractivity contribution >= 4 is 17.4 Å². The van der Waals surface area contributed by atoms with Crippen LogP contribution in [0.15, 0.2) is 83.2 Å². The molecule has 1 aromatic carbocycles. The molecule has 6 heteroatoms. The first kappa shape index (κ1) is 16.8. The number of ketones is 1. The number of aliphatic hydroxyl groups excluding tert-OH is 1. The van der Waals surface area contributed by atoms with Crippen molar-refractivity contribution in [3.8, 4) is 0 Å². The Kier molecular flexibility index (Phi) is 4.30. The summed E-state index contributed by atoms with van der Waals surface area (Å²) in [4.78, 5) is 31.0. The number of pyridine rings is 1. The lowest BCUT2D eigenvalue weighted by atomic mass is 9.96. The number of nitrogens with zero attached hydrogens (tertiary/aromatic N) is 2. The van der Waals surface area contributed by atoms with Gasteiger partial charge in [-0.05, 0) is 23.8 Å². The van der Waals surface area contributed by atoms with Crippen molar-refractivity contribution in [2.75, 3.05) is 0 Å². The lowest BCUT2D eigenvalue weighted by Gasteiger charge is -2.24. The molecule has 0 saturated carbocycles. The minimum atomic E-state index is -0.746. The maximum atomic E-state index is 12.8. The van der Waals surface area contributed by atoms with Crippen molar-refractivity contribution in [1.29, 1.82) is 0 Å². The van der Waals surface area contributed by atoms with Crippen molar-refractivity contribution < 1.29 is 19.1 Å². The van der Waals surface area contributed by atoms with E-state index >= 15 is 0 Å². The number of Topliss-reactive ketones (excluding diaryl/α,β-unsaturated/α-hetero) is 1. The van der Waals surface area contributed by atoms with Gasteiger partial charge in [-0.1, -0.05) is 36.4 Å². The predicted octanol–water partition coefficient (Wildman–Crippen LogP) is 3.30. The number of hydrogen-bond donors (Lipinski definition) is 1. The molecule has 1 aliphatic heterocycles. The first-order valence-electron chi connectivity index (χ1n) is 8.43. The van der Waals surface area contributed by atoms with Gasteiger partial charge in [0.1, 0.15) is 11.5 Å². The second-order valence-corrected chi connectivity index (χ2v) is 6.16. The molecular formula is C21H16N2O4. The van der Waals surface area contributed by atoms with Crippen molar-refractivity contribution in [2.24, 2.45) is 0 Å². The summed E-state index contributed by atoms with van der Waals surface area (Å²) in [6.45, 7) is 0.114. The molecule has 134 valence electrons. The van der Waals surface area contributed by atoms with Crippen LogP contribution in [0, 0.1) is 0 Å². The molecule has 0 spiro atoms. The number of carbonyl (C=O) groups excluding carboxylic acids is 2. The summed E-state index contributed by atoms with van der Waals surface area (Å²) >= 11 is 0. The molecule has 4 rings (SSSR count). The third-order valence-corrected chi connectivity index (χ3v) is 4.49. The van der Waals surface area contributed by atoms with E-state index in [1.807, 2.05) is 6.07 Å². The minimum Gasteiger partial charge on any atom is -0.507 e. The lowest BCUT2D eigenvalue weighted by molar-refractivity contribution is -0.140. The molecule has 1 amide bonds. The summed E-state index contributed by atoms with van der Waals surface area (Å²) in [7, 11) is 0. The Morgan fingerprint density at radius 3 is 2.56 bits per heavy atom. The van der Waals surface area contributed by atoms with Gasteiger partial charge in [0.25, 0.3) is 11.7 Å². The van der Waals surface area contributed by atoms with Gasteiger partial charge >= 0.3 is 0 Å². The van der Waals surface area contributed by atoms with Gasteiger partial charge in [0, 0.05) is 18.0 Å². The molecule has 1 atom stereocenters. The van der Waals surface area contributed by atoms with Crippen LogP contribution in [0.25, 0.3) is 5.76 Å². The largest absolute Gasteiger partial charge is 0.507 e. The number of likely N-dealkylation sites (tertiary alicyclic amines) is 1. The van der Waals surface area contributed by atoms with Crippen LogP contribution >= 0.6 is 0 Å². The maximum Gasteiger partial charge on any atom is 0.296 e. The highest BCUT2D eigenvalue weighted by atomic mass is 16.3. The van der Waals surface area contributed by atoms with Gasteiger partial charge in [0.15, 0.2) is 0 Å². The van der Waals surface area contributed by atoms with Crippen molar-refractivity contribution in [1.82, 2.24) is 9.88 Å². The van der Waals surface area contributed by atoms with Crippen molar-refractivity contribution in [2.45, 2.75) is 12.6 Å².